The maximum absolute atomic E-state index is 12.7. The van der Waals surface area contributed by atoms with Crippen molar-refractivity contribution in [3.8, 4) is 5.75 Å². The lowest BCUT2D eigenvalue weighted by atomic mass is 10.1. The van der Waals surface area contributed by atoms with Crippen LogP contribution in [0, 0.1) is 0 Å². The van der Waals surface area contributed by atoms with Gasteiger partial charge in [0.15, 0.2) is 5.76 Å². The summed E-state index contributed by atoms with van der Waals surface area (Å²) >= 11 is 0. The molecule has 3 rings (SSSR count). The van der Waals surface area contributed by atoms with Gasteiger partial charge in [-0.05, 0) is 36.4 Å². The number of hydrogen-bond acceptors (Lipinski definition) is 5. The second-order valence-electron chi connectivity index (χ2n) is 5.88. The van der Waals surface area contributed by atoms with Crippen molar-refractivity contribution in [3.05, 3.63) is 77.7 Å². The van der Waals surface area contributed by atoms with E-state index in [0.29, 0.717) is 28.4 Å². The van der Waals surface area contributed by atoms with E-state index in [1.807, 2.05) is 0 Å². The van der Waals surface area contributed by atoms with Crippen LogP contribution in [0.1, 0.15) is 26.7 Å². The number of carbonyl (C=O) groups is 2. The third-order valence-corrected chi connectivity index (χ3v) is 3.92. The van der Waals surface area contributed by atoms with Crippen LogP contribution in [0.25, 0.3) is 0 Å². The van der Waals surface area contributed by atoms with Crippen LogP contribution in [0.3, 0.4) is 0 Å². The number of rotatable bonds is 7. The van der Waals surface area contributed by atoms with Crippen molar-refractivity contribution < 1.29 is 23.5 Å². The number of benzene rings is 2. The normalized spacial score (nSPS) is 10.4. The molecule has 2 amide bonds. The van der Waals surface area contributed by atoms with Gasteiger partial charge in [-0.1, -0.05) is 18.2 Å². The Morgan fingerprint density at radius 2 is 1.75 bits per heavy atom. The van der Waals surface area contributed by atoms with E-state index in [1.54, 1.807) is 74.9 Å². The molecule has 7 nitrogen and oxygen atoms in total. The fourth-order valence-corrected chi connectivity index (χ4v) is 2.59. The Hall–Kier alpha value is -3.58. The van der Waals surface area contributed by atoms with E-state index in [1.165, 1.54) is 0 Å². The average molecular weight is 380 g/mol. The maximum atomic E-state index is 12.7. The van der Waals surface area contributed by atoms with Crippen LogP contribution in [0.5, 0.6) is 5.75 Å². The van der Waals surface area contributed by atoms with Gasteiger partial charge in [-0.3, -0.25) is 9.59 Å². The minimum atomic E-state index is -0.455. The van der Waals surface area contributed by atoms with Crippen molar-refractivity contribution in [3.63, 3.8) is 0 Å². The van der Waals surface area contributed by atoms with Crippen LogP contribution in [-0.4, -0.2) is 26.0 Å². The van der Waals surface area contributed by atoms with Gasteiger partial charge in [0.2, 0.25) is 0 Å². The van der Waals surface area contributed by atoms with Gasteiger partial charge < -0.3 is 24.5 Å². The topological polar surface area (TPSA) is 89.8 Å². The van der Waals surface area contributed by atoms with E-state index in [0.717, 1.165) is 0 Å². The van der Waals surface area contributed by atoms with Gasteiger partial charge in [-0.2, -0.15) is 0 Å². The fraction of sp³-hybridized carbons (Fsp3) is 0.143. The molecule has 0 bridgehead atoms. The highest BCUT2D eigenvalue weighted by Crippen LogP contribution is 2.21. The molecule has 144 valence electrons. The van der Waals surface area contributed by atoms with E-state index < -0.39 is 5.91 Å². The number of carbonyl (C=O) groups excluding carboxylic acids is 2. The first-order valence-electron chi connectivity index (χ1n) is 8.54. The summed E-state index contributed by atoms with van der Waals surface area (Å²) in [5, 5.41) is 5.51. The summed E-state index contributed by atoms with van der Waals surface area (Å²) < 4.78 is 15.6. The van der Waals surface area contributed by atoms with Crippen molar-refractivity contribution in [1.29, 1.82) is 0 Å². The van der Waals surface area contributed by atoms with Gasteiger partial charge in [0.05, 0.1) is 18.4 Å². The molecule has 28 heavy (non-hydrogen) atoms. The Morgan fingerprint density at radius 3 is 2.54 bits per heavy atom. The zero-order valence-electron chi connectivity index (χ0n) is 15.5. The first kappa shape index (κ1) is 19.2. The summed E-state index contributed by atoms with van der Waals surface area (Å²) in [5.74, 6) is 0.489. The van der Waals surface area contributed by atoms with E-state index in [2.05, 4.69) is 10.6 Å². The Morgan fingerprint density at radius 1 is 0.929 bits per heavy atom. The smallest absolute Gasteiger partial charge is 0.291 e. The van der Waals surface area contributed by atoms with Crippen LogP contribution in [0.4, 0.5) is 11.4 Å². The van der Waals surface area contributed by atoms with Crippen molar-refractivity contribution >= 4 is 23.2 Å². The van der Waals surface area contributed by atoms with Crippen LogP contribution in [0.2, 0.25) is 0 Å². The number of methoxy groups -OCH3 is 2. The number of ether oxygens (including phenoxy) is 2. The number of hydrogen-bond donors (Lipinski definition) is 2. The third-order valence-electron chi connectivity index (χ3n) is 3.92. The van der Waals surface area contributed by atoms with Gasteiger partial charge in [0.25, 0.3) is 11.8 Å². The Labute approximate surface area is 162 Å². The fourth-order valence-electron chi connectivity index (χ4n) is 2.59. The molecule has 0 unspecified atom stereocenters. The number of nitrogens with one attached hydrogen (secondary N) is 2. The molecule has 0 aliphatic heterocycles. The van der Waals surface area contributed by atoms with Crippen molar-refractivity contribution in [2.24, 2.45) is 0 Å². The van der Waals surface area contributed by atoms with Crippen molar-refractivity contribution in [2.75, 3.05) is 24.9 Å². The van der Waals surface area contributed by atoms with Crippen LogP contribution in [0.15, 0.2) is 65.1 Å². The maximum Gasteiger partial charge on any atom is 0.291 e. The monoisotopic (exact) mass is 380 g/mol. The molecule has 1 aromatic heterocycles. The van der Waals surface area contributed by atoms with Crippen molar-refractivity contribution in [1.82, 2.24) is 0 Å². The Balaban J connectivity index is 1.76. The van der Waals surface area contributed by atoms with Crippen LogP contribution in [-0.2, 0) is 11.3 Å². The molecule has 2 aromatic carbocycles. The minimum absolute atomic E-state index is 0.134. The van der Waals surface area contributed by atoms with Gasteiger partial charge in [-0.15, -0.1) is 0 Å². The Kier molecular flexibility index (Phi) is 6.08. The molecule has 0 saturated heterocycles. The second kappa shape index (κ2) is 8.88. The predicted octanol–water partition coefficient (Wildman–Crippen LogP) is 3.94. The molecule has 0 radical (unpaired) electrons. The predicted molar refractivity (Wildman–Crippen MR) is 105 cm³/mol. The molecule has 0 spiro atoms. The first-order chi connectivity index (χ1) is 13.6. The lowest BCUT2D eigenvalue weighted by Gasteiger charge is -2.11. The number of para-hydroxylation sites is 1. The highest BCUT2D eigenvalue weighted by Gasteiger charge is 2.16. The summed E-state index contributed by atoms with van der Waals surface area (Å²) in [4.78, 5) is 25.2. The highest BCUT2D eigenvalue weighted by atomic mass is 16.5. The number of furan rings is 1. The van der Waals surface area contributed by atoms with Gasteiger partial charge in [0, 0.05) is 18.9 Å². The van der Waals surface area contributed by atoms with E-state index >= 15 is 0 Å². The second-order valence-corrected chi connectivity index (χ2v) is 5.88. The molecule has 7 heteroatoms. The largest absolute Gasteiger partial charge is 0.497 e. The molecule has 3 aromatic rings. The molecular formula is C21H20N2O5. The molecule has 1 heterocycles. The van der Waals surface area contributed by atoms with Gasteiger partial charge in [0.1, 0.15) is 18.1 Å². The summed E-state index contributed by atoms with van der Waals surface area (Å²) in [7, 11) is 3.10. The van der Waals surface area contributed by atoms with E-state index in [-0.39, 0.29) is 18.3 Å². The molecule has 0 saturated carbocycles. The van der Waals surface area contributed by atoms with Crippen LogP contribution < -0.4 is 15.4 Å². The highest BCUT2D eigenvalue weighted by molar-refractivity contribution is 6.12. The van der Waals surface area contributed by atoms with Gasteiger partial charge in [-0.25, -0.2) is 0 Å². The third kappa shape index (κ3) is 4.57. The van der Waals surface area contributed by atoms with Crippen molar-refractivity contribution in [2.45, 2.75) is 6.61 Å². The van der Waals surface area contributed by atoms with E-state index in [9.17, 15) is 9.59 Å². The summed E-state index contributed by atoms with van der Waals surface area (Å²) in [6.45, 7) is 0.271. The summed E-state index contributed by atoms with van der Waals surface area (Å²) in [5.41, 5.74) is 1.28. The lowest BCUT2D eigenvalue weighted by Crippen LogP contribution is -2.18. The molecule has 0 aliphatic rings. The zero-order valence-corrected chi connectivity index (χ0v) is 15.5. The quantitative estimate of drug-likeness (QED) is 0.648. The molecule has 0 aliphatic carbocycles. The molecule has 2 N–H and O–H groups in total. The first-order valence-corrected chi connectivity index (χ1v) is 8.54. The Bertz CT molecular complexity index is 980. The SMILES string of the molecule is COCc1ccc(C(=O)Nc2ccccc2C(=O)Nc2cccc(OC)c2)o1. The van der Waals surface area contributed by atoms with E-state index in [4.69, 9.17) is 13.9 Å². The molecular weight excluding hydrogens is 360 g/mol. The summed E-state index contributed by atoms with van der Waals surface area (Å²) in [6.07, 6.45) is 0. The summed E-state index contributed by atoms with van der Waals surface area (Å²) in [6, 6.07) is 17.0. The minimum Gasteiger partial charge on any atom is -0.497 e. The lowest BCUT2D eigenvalue weighted by molar-refractivity contribution is 0.0987. The number of anilines is 2. The zero-order chi connectivity index (χ0) is 19.9. The molecule has 0 atom stereocenters. The van der Waals surface area contributed by atoms with Gasteiger partial charge >= 0.3 is 0 Å². The standard InChI is InChI=1S/C21H20N2O5/c1-26-13-16-10-11-19(28-16)21(25)23-18-9-4-3-8-17(18)20(24)22-14-6-5-7-15(12-14)27-2/h3-12H,13H2,1-2H3,(H,22,24)(H,23,25). The molecule has 0 fully saturated rings. The van der Waals surface area contributed by atoms with Crippen LogP contribution >= 0.6 is 0 Å². The average Bonchev–Trinajstić information content (AvgIpc) is 3.17. The number of amides is 2.